The van der Waals surface area contributed by atoms with Crippen LogP contribution in [0, 0.1) is 19.7 Å². The van der Waals surface area contributed by atoms with Gasteiger partial charge in [0.2, 0.25) is 5.91 Å². The van der Waals surface area contributed by atoms with E-state index in [4.69, 9.17) is 0 Å². The Bertz CT molecular complexity index is 1220. The number of benzene rings is 2. The van der Waals surface area contributed by atoms with E-state index in [0.717, 1.165) is 9.87 Å². The molecule has 0 saturated heterocycles. The Hall–Kier alpha value is -3.20. The van der Waals surface area contributed by atoms with Gasteiger partial charge in [-0.25, -0.2) is 12.8 Å². The lowest BCUT2D eigenvalue weighted by Crippen LogP contribution is -2.38. The molecule has 0 spiro atoms. The molecule has 32 heavy (non-hydrogen) atoms. The second-order valence-electron chi connectivity index (χ2n) is 7.94. The number of nitrogens with zero attached hydrogens (tertiary/aromatic N) is 3. The van der Waals surface area contributed by atoms with Gasteiger partial charge in [0.05, 0.1) is 17.1 Å². The molecular weight excluding hydrogens is 431 g/mol. The molecule has 1 N–H and O–H groups in total. The molecule has 0 aliphatic rings. The molecule has 2 aromatic carbocycles. The van der Waals surface area contributed by atoms with Crippen LogP contribution in [0.1, 0.15) is 36.7 Å². The first-order chi connectivity index (χ1) is 15.0. The van der Waals surface area contributed by atoms with E-state index >= 15 is 0 Å². The second kappa shape index (κ2) is 9.12. The summed E-state index contributed by atoms with van der Waals surface area (Å²) >= 11 is 0. The second-order valence-corrected chi connectivity index (χ2v) is 9.74. The van der Waals surface area contributed by atoms with E-state index in [0.29, 0.717) is 22.8 Å². The quantitative estimate of drug-likeness (QED) is 0.577. The third kappa shape index (κ3) is 4.83. The Balaban J connectivity index is 2.00. The molecule has 1 aromatic heterocycles. The topological polar surface area (TPSA) is 84.3 Å². The van der Waals surface area contributed by atoms with Gasteiger partial charge in [-0.3, -0.25) is 13.8 Å². The highest BCUT2D eigenvalue weighted by atomic mass is 32.2. The summed E-state index contributed by atoms with van der Waals surface area (Å²) in [5.41, 5.74) is 2.62. The smallest absolute Gasteiger partial charge is 0.268 e. The van der Waals surface area contributed by atoms with Gasteiger partial charge < -0.3 is 5.32 Å². The standard InChI is InChI=1S/C23H27FN4O3S/c1-15(2)18-6-12-21(13-7-18)28(14-22(29)25-20-10-8-19(24)9-11-20)32(30,31)23-16(3)26-27(5)17(23)4/h6-13,15H,14H2,1-5H3,(H,25,29). The van der Waals surface area contributed by atoms with Gasteiger partial charge in [-0.15, -0.1) is 0 Å². The van der Waals surface area contributed by atoms with Gasteiger partial charge in [0.25, 0.3) is 10.0 Å². The summed E-state index contributed by atoms with van der Waals surface area (Å²) in [5.74, 6) is -0.703. The lowest BCUT2D eigenvalue weighted by molar-refractivity contribution is -0.114. The Labute approximate surface area is 187 Å². The van der Waals surface area contributed by atoms with Crippen LogP contribution in [0.5, 0.6) is 0 Å². The number of anilines is 2. The van der Waals surface area contributed by atoms with E-state index in [1.165, 1.54) is 28.9 Å². The number of carbonyl (C=O) groups is 1. The molecule has 0 aliphatic carbocycles. The molecule has 0 bridgehead atoms. The largest absolute Gasteiger partial charge is 0.325 e. The average molecular weight is 459 g/mol. The number of hydrogen-bond acceptors (Lipinski definition) is 4. The van der Waals surface area contributed by atoms with Crippen LogP contribution in [0.2, 0.25) is 0 Å². The number of aromatic nitrogens is 2. The Morgan fingerprint density at radius 3 is 2.19 bits per heavy atom. The van der Waals surface area contributed by atoms with Crippen LogP contribution in [0.4, 0.5) is 15.8 Å². The molecular formula is C23H27FN4O3S. The first-order valence-electron chi connectivity index (χ1n) is 10.2. The van der Waals surface area contributed by atoms with Crippen LogP contribution < -0.4 is 9.62 Å². The number of rotatable bonds is 7. The van der Waals surface area contributed by atoms with Crippen molar-refractivity contribution in [3.63, 3.8) is 0 Å². The van der Waals surface area contributed by atoms with Crippen molar-refractivity contribution in [3.8, 4) is 0 Å². The molecule has 9 heteroatoms. The maximum Gasteiger partial charge on any atom is 0.268 e. The summed E-state index contributed by atoms with van der Waals surface area (Å²) in [7, 11) is -2.42. The monoisotopic (exact) mass is 458 g/mol. The third-order valence-corrected chi connectivity index (χ3v) is 7.28. The highest BCUT2D eigenvalue weighted by Gasteiger charge is 2.32. The van der Waals surface area contributed by atoms with E-state index in [2.05, 4.69) is 10.4 Å². The summed E-state index contributed by atoms with van der Waals surface area (Å²) in [6.45, 7) is 6.93. The van der Waals surface area contributed by atoms with Gasteiger partial charge in [-0.1, -0.05) is 26.0 Å². The van der Waals surface area contributed by atoms with Crippen molar-refractivity contribution >= 4 is 27.3 Å². The molecule has 3 rings (SSSR count). The van der Waals surface area contributed by atoms with E-state index < -0.39 is 28.3 Å². The number of aryl methyl sites for hydroxylation is 2. The number of hydrogen-bond donors (Lipinski definition) is 1. The number of nitrogens with one attached hydrogen (secondary N) is 1. The summed E-state index contributed by atoms with van der Waals surface area (Å²) in [6, 6.07) is 12.4. The normalized spacial score (nSPS) is 11.6. The van der Waals surface area contributed by atoms with Gasteiger partial charge in [0.1, 0.15) is 17.3 Å². The van der Waals surface area contributed by atoms with E-state index in [-0.39, 0.29) is 10.8 Å². The lowest BCUT2D eigenvalue weighted by Gasteiger charge is -2.24. The fourth-order valence-electron chi connectivity index (χ4n) is 3.44. The third-order valence-electron chi connectivity index (χ3n) is 5.25. The summed E-state index contributed by atoms with van der Waals surface area (Å²) in [6.07, 6.45) is 0. The van der Waals surface area contributed by atoms with Crippen LogP contribution in [0.15, 0.2) is 53.4 Å². The van der Waals surface area contributed by atoms with Gasteiger partial charge in [0, 0.05) is 12.7 Å². The van der Waals surface area contributed by atoms with Crippen LogP contribution >= 0.6 is 0 Å². The van der Waals surface area contributed by atoms with Crippen LogP contribution in [0.3, 0.4) is 0 Å². The van der Waals surface area contributed by atoms with Crippen molar-refractivity contribution in [2.75, 3.05) is 16.2 Å². The zero-order chi connectivity index (χ0) is 23.6. The molecule has 1 heterocycles. The maximum absolute atomic E-state index is 13.7. The van der Waals surface area contributed by atoms with Gasteiger partial charge in [-0.05, 0) is 61.7 Å². The van der Waals surface area contributed by atoms with E-state index in [1.54, 1.807) is 33.0 Å². The molecule has 0 radical (unpaired) electrons. The Morgan fingerprint density at radius 1 is 1.09 bits per heavy atom. The van der Waals surface area contributed by atoms with Crippen molar-refractivity contribution < 1.29 is 17.6 Å². The predicted molar refractivity (Wildman–Crippen MR) is 123 cm³/mol. The predicted octanol–water partition coefficient (Wildman–Crippen LogP) is 4.13. The van der Waals surface area contributed by atoms with Crippen LogP contribution in [-0.4, -0.2) is 30.7 Å². The minimum absolute atomic E-state index is 0.0718. The van der Waals surface area contributed by atoms with E-state index in [9.17, 15) is 17.6 Å². The zero-order valence-electron chi connectivity index (χ0n) is 18.8. The van der Waals surface area contributed by atoms with Crippen molar-refractivity contribution in [2.45, 2.75) is 38.5 Å². The van der Waals surface area contributed by atoms with Crippen molar-refractivity contribution in [1.82, 2.24) is 9.78 Å². The molecule has 0 fully saturated rings. The van der Waals surface area contributed by atoms with Crippen molar-refractivity contribution in [3.05, 3.63) is 71.3 Å². The molecule has 0 unspecified atom stereocenters. The molecule has 3 aromatic rings. The van der Waals surface area contributed by atoms with Gasteiger partial charge in [-0.2, -0.15) is 5.10 Å². The fourth-order valence-corrected chi connectivity index (χ4v) is 5.27. The SMILES string of the molecule is Cc1nn(C)c(C)c1S(=O)(=O)N(CC(=O)Nc1ccc(F)cc1)c1ccc(C(C)C)cc1. The lowest BCUT2D eigenvalue weighted by atomic mass is 10.0. The fraction of sp³-hybridized carbons (Fsp3) is 0.304. The summed E-state index contributed by atoms with van der Waals surface area (Å²) < 4.78 is 43.1. The van der Waals surface area contributed by atoms with Crippen LogP contribution in [0.25, 0.3) is 0 Å². The average Bonchev–Trinajstić information content (AvgIpc) is 3.00. The van der Waals surface area contributed by atoms with Crippen LogP contribution in [-0.2, 0) is 21.9 Å². The zero-order valence-corrected chi connectivity index (χ0v) is 19.6. The Morgan fingerprint density at radius 2 is 1.69 bits per heavy atom. The van der Waals surface area contributed by atoms with Gasteiger partial charge >= 0.3 is 0 Å². The van der Waals surface area contributed by atoms with Crippen molar-refractivity contribution in [1.29, 1.82) is 0 Å². The molecule has 170 valence electrons. The Kier molecular flexibility index (Phi) is 6.68. The highest BCUT2D eigenvalue weighted by molar-refractivity contribution is 7.93. The number of halogens is 1. The number of amides is 1. The number of carbonyl (C=O) groups excluding carboxylic acids is 1. The molecule has 0 saturated carbocycles. The molecule has 1 amide bonds. The minimum atomic E-state index is -4.09. The van der Waals surface area contributed by atoms with E-state index in [1.807, 2.05) is 26.0 Å². The summed E-state index contributed by atoms with van der Waals surface area (Å²) in [4.78, 5) is 12.8. The first-order valence-corrected chi connectivity index (χ1v) is 11.6. The maximum atomic E-state index is 13.7. The van der Waals surface area contributed by atoms with Crippen molar-refractivity contribution in [2.24, 2.45) is 7.05 Å². The number of sulfonamides is 1. The highest BCUT2D eigenvalue weighted by Crippen LogP contribution is 2.29. The minimum Gasteiger partial charge on any atom is -0.325 e. The molecule has 7 nitrogen and oxygen atoms in total. The first kappa shape index (κ1) is 23.5. The molecule has 0 aliphatic heterocycles. The van der Waals surface area contributed by atoms with Gasteiger partial charge in [0.15, 0.2) is 0 Å². The summed E-state index contributed by atoms with van der Waals surface area (Å²) in [5, 5.41) is 6.84. The molecule has 0 atom stereocenters.